The van der Waals surface area contributed by atoms with E-state index in [2.05, 4.69) is 11.9 Å². The highest BCUT2D eigenvalue weighted by molar-refractivity contribution is 6.40. The first-order valence-corrected chi connectivity index (χ1v) is 4.45. The van der Waals surface area contributed by atoms with Crippen LogP contribution >= 0.6 is 0 Å². The van der Waals surface area contributed by atoms with E-state index in [1.54, 1.807) is 12.4 Å². The molecule has 0 saturated carbocycles. The van der Waals surface area contributed by atoms with E-state index < -0.39 is 5.78 Å². The lowest BCUT2D eigenvalue weighted by molar-refractivity contribution is -0.109. The van der Waals surface area contributed by atoms with Crippen LogP contribution in [0.2, 0.25) is 0 Å². The molecule has 1 atom stereocenters. The zero-order valence-electron chi connectivity index (χ0n) is 8.16. The molecule has 1 rings (SSSR count). The Morgan fingerprint density at radius 2 is 2.43 bits per heavy atom. The predicted octanol–water partition coefficient (Wildman–Crippen LogP) is 2.00. The topological polar surface area (TPSA) is 53.8 Å². The van der Waals surface area contributed by atoms with Gasteiger partial charge < -0.3 is 5.41 Å². The summed E-state index contributed by atoms with van der Waals surface area (Å²) in [5, 5.41) is 7.39. The van der Waals surface area contributed by atoms with Crippen LogP contribution in [0.3, 0.4) is 0 Å². The maximum atomic E-state index is 10.8. The average molecular weight is 189 g/mol. The predicted molar refractivity (Wildman–Crippen MR) is 55.4 cm³/mol. The molecular weight excluding hydrogens is 176 g/mol. The highest BCUT2D eigenvalue weighted by Gasteiger charge is 2.11. The van der Waals surface area contributed by atoms with Gasteiger partial charge >= 0.3 is 0 Å². The molecule has 0 aromatic carbocycles. The van der Waals surface area contributed by atoms with Gasteiger partial charge in [0.1, 0.15) is 0 Å². The van der Waals surface area contributed by atoms with Gasteiger partial charge in [-0.15, -0.1) is 0 Å². The Bertz CT molecular complexity index is 332. The molecule has 0 amide bonds. The van der Waals surface area contributed by atoms with E-state index in [0.717, 1.165) is 5.56 Å². The maximum Gasteiger partial charge on any atom is 0.176 e. The fourth-order valence-electron chi connectivity index (χ4n) is 1.21. The fourth-order valence-corrected chi connectivity index (χ4v) is 1.21. The van der Waals surface area contributed by atoms with Gasteiger partial charge in [-0.2, -0.15) is 0 Å². The molecule has 0 aliphatic heterocycles. The first-order valence-electron chi connectivity index (χ1n) is 4.45. The van der Waals surface area contributed by atoms with Crippen LogP contribution in [0.4, 0.5) is 0 Å². The molecule has 0 aliphatic carbocycles. The lowest BCUT2D eigenvalue weighted by Crippen LogP contribution is -2.12. The number of rotatable bonds is 4. The van der Waals surface area contributed by atoms with Crippen molar-refractivity contribution in [2.75, 3.05) is 0 Å². The summed E-state index contributed by atoms with van der Waals surface area (Å²) >= 11 is 0. The highest BCUT2D eigenvalue weighted by Crippen LogP contribution is 2.17. The van der Waals surface area contributed by atoms with Crippen LogP contribution in [0.15, 0.2) is 24.5 Å². The number of carbonyl (C=O) groups excluding carboxylic acids is 1. The smallest absolute Gasteiger partial charge is 0.176 e. The number of pyridine rings is 1. The molecule has 1 radical (unpaired) electrons. The Morgan fingerprint density at radius 1 is 1.71 bits per heavy atom. The molecule has 1 aromatic rings. The number of nitrogens with zero attached hydrogens (tertiary/aromatic N) is 1. The summed E-state index contributed by atoms with van der Waals surface area (Å²) < 4.78 is 0. The van der Waals surface area contributed by atoms with Gasteiger partial charge in [-0.05, 0) is 24.0 Å². The van der Waals surface area contributed by atoms with Gasteiger partial charge in [0.05, 0.1) is 5.71 Å². The third kappa shape index (κ3) is 2.76. The molecule has 0 saturated heterocycles. The van der Waals surface area contributed by atoms with Crippen molar-refractivity contribution >= 4 is 11.5 Å². The summed E-state index contributed by atoms with van der Waals surface area (Å²) in [5.74, 6) is -0.261. The quantitative estimate of drug-likeness (QED) is 0.736. The Balaban J connectivity index is 2.64. The molecule has 0 spiro atoms. The van der Waals surface area contributed by atoms with Crippen molar-refractivity contribution in [1.82, 2.24) is 4.98 Å². The fraction of sp³-hybridized carbons (Fsp3) is 0.273. The summed E-state index contributed by atoms with van der Waals surface area (Å²) in [5.41, 5.74) is 1.11. The number of hydrogen-bond acceptors (Lipinski definition) is 3. The van der Waals surface area contributed by atoms with Crippen LogP contribution in [-0.2, 0) is 4.79 Å². The van der Waals surface area contributed by atoms with Crippen molar-refractivity contribution in [2.24, 2.45) is 0 Å². The Morgan fingerprint density at radius 3 is 2.93 bits per heavy atom. The van der Waals surface area contributed by atoms with Crippen LogP contribution in [0.1, 0.15) is 24.8 Å². The summed E-state index contributed by atoms with van der Waals surface area (Å²) in [7, 11) is 0. The first-order chi connectivity index (χ1) is 6.61. The molecule has 73 valence electrons. The number of ketones is 1. The molecule has 1 aromatic heterocycles. The van der Waals surface area contributed by atoms with Gasteiger partial charge in [0.2, 0.25) is 0 Å². The van der Waals surface area contributed by atoms with Gasteiger partial charge in [-0.3, -0.25) is 9.78 Å². The minimum absolute atomic E-state index is 0.0707. The average Bonchev–Trinajstić information content (AvgIpc) is 2.19. The lowest BCUT2D eigenvalue weighted by atomic mass is 9.96. The summed E-state index contributed by atoms with van der Waals surface area (Å²) in [6, 6.07) is 3.79. The molecule has 1 unspecified atom stereocenters. The van der Waals surface area contributed by atoms with E-state index in [-0.39, 0.29) is 11.6 Å². The second-order valence-corrected chi connectivity index (χ2v) is 3.29. The van der Waals surface area contributed by atoms with Gasteiger partial charge in [-0.25, -0.2) is 0 Å². The van der Waals surface area contributed by atoms with Crippen molar-refractivity contribution in [1.29, 1.82) is 5.41 Å². The Labute approximate surface area is 83.7 Å². The minimum atomic E-state index is -0.402. The SMILES string of the molecule is [CH2]C(=O)C(=N)CC(C)c1cccnc1. The van der Waals surface area contributed by atoms with Crippen LogP contribution in [0.25, 0.3) is 0 Å². The van der Waals surface area contributed by atoms with Crippen molar-refractivity contribution < 1.29 is 4.79 Å². The second-order valence-electron chi connectivity index (χ2n) is 3.29. The molecule has 0 bridgehead atoms. The van der Waals surface area contributed by atoms with Crippen LogP contribution < -0.4 is 0 Å². The summed E-state index contributed by atoms with van der Waals surface area (Å²) in [6.07, 6.45) is 3.88. The van der Waals surface area contributed by atoms with E-state index in [1.165, 1.54) is 0 Å². The van der Waals surface area contributed by atoms with Gasteiger partial charge in [0.15, 0.2) is 5.78 Å². The molecule has 1 N–H and O–H groups in total. The number of Topliss-reactive ketones (excluding diaryl/α,β-unsaturated/α-hetero) is 1. The van der Waals surface area contributed by atoms with Gasteiger partial charge in [0.25, 0.3) is 0 Å². The highest BCUT2D eigenvalue weighted by atomic mass is 16.1. The monoisotopic (exact) mass is 189 g/mol. The molecule has 3 heteroatoms. The minimum Gasteiger partial charge on any atom is -0.302 e. The zero-order chi connectivity index (χ0) is 10.6. The number of nitrogens with one attached hydrogen (secondary N) is 1. The molecule has 1 heterocycles. The third-order valence-corrected chi connectivity index (χ3v) is 2.10. The summed E-state index contributed by atoms with van der Waals surface area (Å²) in [6.45, 7) is 5.17. The van der Waals surface area contributed by atoms with E-state index in [9.17, 15) is 4.79 Å². The van der Waals surface area contributed by atoms with E-state index in [1.807, 2.05) is 19.1 Å². The lowest BCUT2D eigenvalue weighted by Gasteiger charge is -2.10. The molecular formula is C11H13N2O. The zero-order valence-corrected chi connectivity index (χ0v) is 8.16. The van der Waals surface area contributed by atoms with Crippen molar-refractivity contribution in [3.8, 4) is 0 Å². The Kier molecular flexibility index (Phi) is 3.51. The Hall–Kier alpha value is -1.51. The summed E-state index contributed by atoms with van der Waals surface area (Å²) in [4.78, 5) is 14.7. The largest absolute Gasteiger partial charge is 0.302 e. The van der Waals surface area contributed by atoms with Crippen molar-refractivity contribution in [2.45, 2.75) is 19.3 Å². The number of hydrogen-bond donors (Lipinski definition) is 1. The van der Waals surface area contributed by atoms with Crippen LogP contribution in [0, 0.1) is 12.3 Å². The van der Waals surface area contributed by atoms with Crippen LogP contribution in [0.5, 0.6) is 0 Å². The molecule has 14 heavy (non-hydrogen) atoms. The van der Waals surface area contributed by atoms with Crippen molar-refractivity contribution in [3.05, 3.63) is 37.0 Å². The van der Waals surface area contributed by atoms with E-state index in [0.29, 0.717) is 6.42 Å². The van der Waals surface area contributed by atoms with Crippen LogP contribution in [-0.4, -0.2) is 16.5 Å². The molecule has 3 nitrogen and oxygen atoms in total. The van der Waals surface area contributed by atoms with E-state index in [4.69, 9.17) is 5.41 Å². The molecule has 0 aliphatic rings. The maximum absolute atomic E-state index is 10.8. The molecule has 0 fully saturated rings. The van der Waals surface area contributed by atoms with Crippen molar-refractivity contribution in [3.63, 3.8) is 0 Å². The third-order valence-electron chi connectivity index (χ3n) is 2.10. The normalized spacial score (nSPS) is 12.1. The van der Waals surface area contributed by atoms with Gasteiger partial charge in [-0.1, -0.05) is 13.0 Å². The van der Waals surface area contributed by atoms with E-state index >= 15 is 0 Å². The first kappa shape index (κ1) is 10.6. The number of carbonyl (C=O) groups is 1. The number of aromatic nitrogens is 1. The second kappa shape index (κ2) is 4.65. The van der Waals surface area contributed by atoms with Gasteiger partial charge in [0, 0.05) is 19.3 Å². The standard InChI is InChI=1S/C11H13N2O/c1-8(6-11(12)9(2)14)10-4-3-5-13-7-10/h3-5,7-8,12H,2,6H2,1H3.